The molecule has 6 heteroatoms. The van der Waals surface area contributed by atoms with E-state index in [1.54, 1.807) is 0 Å². The minimum Gasteiger partial charge on any atom is -0.444 e. The van der Waals surface area contributed by atoms with Gasteiger partial charge in [-0.1, -0.05) is 13.8 Å². The van der Waals surface area contributed by atoms with Crippen molar-refractivity contribution in [2.45, 2.75) is 32.4 Å². The number of halogens is 1. The summed E-state index contributed by atoms with van der Waals surface area (Å²) >= 11 is 3.42. The molecule has 0 amide bonds. The van der Waals surface area contributed by atoms with E-state index in [0.29, 0.717) is 12.0 Å². The third-order valence-corrected chi connectivity index (χ3v) is 3.79. The highest BCUT2D eigenvalue weighted by Gasteiger charge is 2.29. The summed E-state index contributed by atoms with van der Waals surface area (Å²) in [5.74, 6) is 2.17. The van der Waals surface area contributed by atoms with E-state index in [2.05, 4.69) is 44.8 Å². The van der Waals surface area contributed by atoms with Gasteiger partial charge in [0.25, 0.3) is 0 Å². The van der Waals surface area contributed by atoms with Gasteiger partial charge in [0.15, 0.2) is 0 Å². The van der Waals surface area contributed by atoms with Crippen LogP contribution in [0.15, 0.2) is 27.5 Å². The lowest BCUT2D eigenvalue weighted by Crippen LogP contribution is -2.47. The van der Waals surface area contributed by atoms with E-state index in [1.807, 2.05) is 23.3 Å². The number of likely N-dealkylation sites (tertiary alicyclic amines) is 1. The summed E-state index contributed by atoms with van der Waals surface area (Å²) in [6.45, 7) is 6.99. The second kappa shape index (κ2) is 5.09. The van der Waals surface area contributed by atoms with Crippen molar-refractivity contribution in [1.29, 1.82) is 0 Å². The average molecular weight is 325 g/mol. The molecular weight excluding hydrogens is 308 g/mol. The molecule has 1 saturated heterocycles. The van der Waals surface area contributed by atoms with Crippen LogP contribution in [0.3, 0.4) is 0 Å². The molecule has 1 fully saturated rings. The Labute approximate surface area is 120 Å². The van der Waals surface area contributed by atoms with Gasteiger partial charge in [0.1, 0.15) is 5.76 Å². The lowest BCUT2D eigenvalue weighted by atomic mass is 10.1. The van der Waals surface area contributed by atoms with Gasteiger partial charge in [-0.2, -0.15) is 5.10 Å². The van der Waals surface area contributed by atoms with Crippen LogP contribution in [0.25, 0.3) is 0 Å². The molecule has 0 saturated carbocycles. The maximum atomic E-state index is 5.71. The van der Waals surface area contributed by atoms with Crippen molar-refractivity contribution < 1.29 is 4.42 Å². The van der Waals surface area contributed by atoms with Gasteiger partial charge >= 0.3 is 0 Å². The molecule has 0 aromatic carbocycles. The largest absolute Gasteiger partial charge is 0.444 e. The fourth-order valence-corrected chi connectivity index (χ4v) is 2.51. The molecule has 19 heavy (non-hydrogen) atoms. The van der Waals surface area contributed by atoms with Crippen molar-refractivity contribution >= 4 is 15.9 Å². The fourth-order valence-electron chi connectivity index (χ4n) is 2.21. The number of hydrogen-bond acceptors (Lipinski definition) is 4. The molecule has 1 aliphatic heterocycles. The summed E-state index contributed by atoms with van der Waals surface area (Å²) in [6, 6.07) is 0.464. The van der Waals surface area contributed by atoms with E-state index in [9.17, 15) is 0 Å². The van der Waals surface area contributed by atoms with Crippen LogP contribution in [-0.2, 0) is 6.54 Å². The highest BCUT2D eigenvalue weighted by Crippen LogP contribution is 2.24. The zero-order valence-electron chi connectivity index (χ0n) is 11.1. The number of nitrogens with zero attached hydrogens (tertiary/aromatic N) is 4. The van der Waals surface area contributed by atoms with Gasteiger partial charge in [0.05, 0.1) is 29.5 Å². The Morgan fingerprint density at radius 1 is 1.42 bits per heavy atom. The van der Waals surface area contributed by atoms with Gasteiger partial charge < -0.3 is 4.42 Å². The van der Waals surface area contributed by atoms with Gasteiger partial charge in [-0.15, -0.1) is 0 Å². The van der Waals surface area contributed by atoms with Crippen LogP contribution in [-0.4, -0.2) is 32.8 Å². The maximum Gasteiger partial charge on any atom is 0.208 e. The summed E-state index contributed by atoms with van der Waals surface area (Å²) < 4.78 is 8.75. The van der Waals surface area contributed by atoms with Gasteiger partial charge in [0.2, 0.25) is 5.89 Å². The van der Waals surface area contributed by atoms with Crippen molar-refractivity contribution in [3.8, 4) is 0 Å². The lowest BCUT2D eigenvalue weighted by Gasteiger charge is -2.38. The molecule has 5 nitrogen and oxygen atoms in total. The smallest absolute Gasteiger partial charge is 0.208 e. The predicted molar refractivity (Wildman–Crippen MR) is 74.8 cm³/mol. The van der Waals surface area contributed by atoms with Crippen LogP contribution in [0, 0.1) is 0 Å². The molecule has 0 aliphatic carbocycles. The average Bonchev–Trinajstić information content (AvgIpc) is 2.91. The number of rotatable bonds is 4. The van der Waals surface area contributed by atoms with Crippen LogP contribution < -0.4 is 0 Å². The Bertz CT molecular complexity index is 556. The molecule has 2 aromatic heterocycles. The first-order valence-corrected chi connectivity index (χ1v) is 7.27. The predicted octanol–water partition coefficient (Wildman–Crippen LogP) is 2.81. The first-order valence-electron chi connectivity index (χ1n) is 6.48. The maximum absolute atomic E-state index is 5.71. The molecular formula is C13H17BrN4O. The van der Waals surface area contributed by atoms with Crippen molar-refractivity contribution in [2.75, 3.05) is 13.1 Å². The Morgan fingerprint density at radius 3 is 2.79 bits per heavy atom. The van der Waals surface area contributed by atoms with Crippen LogP contribution >= 0.6 is 15.9 Å². The molecule has 3 heterocycles. The van der Waals surface area contributed by atoms with E-state index in [1.165, 1.54) is 0 Å². The Kier molecular flexibility index (Phi) is 3.45. The minimum absolute atomic E-state index is 0.395. The van der Waals surface area contributed by atoms with Crippen molar-refractivity contribution in [3.63, 3.8) is 0 Å². The van der Waals surface area contributed by atoms with Crippen LogP contribution in [0.5, 0.6) is 0 Å². The van der Waals surface area contributed by atoms with Crippen LogP contribution in [0.1, 0.15) is 37.5 Å². The number of oxazole rings is 1. The van der Waals surface area contributed by atoms with Crippen molar-refractivity contribution in [2.24, 2.45) is 0 Å². The summed E-state index contributed by atoms with van der Waals surface area (Å²) in [6.07, 6.45) is 5.68. The molecule has 0 atom stereocenters. The third kappa shape index (κ3) is 2.74. The van der Waals surface area contributed by atoms with Gasteiger partial charge in [-0.3, -0.25) is 9.58 Å². The summed E-state index contributed by atoms with van der Waals surface area (Å²) in [5, 5.41) is 4.31. The SMILES string of the molecule is CC(C)c1cnc(CN2CC(n3cc(Br)cn3)C2)o1. The summed E-state index contributed by atoms with van der Waals surface area (Å²) in [4.78, 5) is 6.64. The Morgan fingerprint density at radius 2 is 2.21 bits per heavy atom. The highest BCUT2D eigenvalue weighted by molar-refractivity contribution is 9.10. The van der Waals surface area contributed by atoms with Crippen LogP contribution in [0.4, 0.5) is 0 Å². The van der Waals surface area contributed by atoms with E-state index < -0.39 is 0 Å². The zero-order chi connectivity index (χ0) is 13.4. The standard InChI is InChI=1S/C13H17BrN4O/c1-9(2)12-4-15-13(19-12)8-17-6-11(7-17)18-5-10(14)3-16-18/h3-5,9,11H,6-8H2,1-2H3. The molecule has 102 valence electrons. The quantitative estimate of drug-likeness (QED) is 0.867. The highest BCUT2D eigenvalue weighted by atomic mass is 79.9. The molecule has 3 rings (SSSR count). The molecule has 0 radical (unpaired) electrons. The summed E-state index contributed by atoms with van der Waals surface area (Å²) in [7, 11) is 0. The Hall–Kier alpha value is -1.14. The second-order valence-electron chi connectivity index (χ2n) is 5.30. The molecule has 0 bridgehead atoms. The molecule has 0 N–H and O–H groups in total. The third-order valence-electron chi connectivity index (χ3n) is 3.38. The van der Waals surface area contributed by atoms with Gasteiger partial charge in [0, 0.05) is 25.2 Å². The Balaban J connectivity index is 1.53. The summed E-state index contributed by atoms with van der Waals surface area (Å²) in [5.41, 5.74) is 0. The van der Waals surface area contributed by atoms with Crippen LogP contribution in [0.2, 0.25) is 0 Å². The first kappa shape index (κ1) is 12.9. The molecule has 2 aromatic rings. The first-order chi connectivity index (χ1) is 9.11. The number of aromatic nitrogens is 3. The van der Waals surface area contributed by atoms with Crippen molar-refractivity contribution in [3.05, 3.63) is 34.7 Å². The second-order valence-corrected chi connectivity index (χ2v) is 6.21. The molecule has 1 aliphatic rings. The van der Waals surface area contributed by atoms with E-state index >= 15 is 0 Å². The topological polar surface area (TPSA) is 47.1 Å². The normalized spacial score (nSPS) is 17.1. The lowest BCUT2D eigenvalue weighted by molar-refractivity contribution is 0.0809. The van der Waals surface area contributed by atoms with E-state index in [0.717, 1.165) is 35.8 Å². The van der Waals surface area contributed by atoms with E-state index in [4.69, 9.17) is 4.42 Å². The monoisotopic (exact) mass is 324 g/mol. The van der Waals surface area contributed by atoms with Gasteiger partial charge in [-0.05, 0) is 15.9 Å². The fraction of sp³-hybridized carbons (Fsp3) is 0.538. The van der Waals surface area contributed by atoms with Crippen molar-refractivity contribution in [1.82, 2.24) is 19.7 Å². The van der Waals surface area contributed by atoms with E-state index in [-0.39, 0.29) is 0 Å². The molecule has 0 unspecified atom stereocenters. The number of hydrogen-bond donors (Lipinski definition) is 0. The molecule has 0 spiro atoms. The minimum atomic E-state index is 0.395. The zero-order valence-corrected chi connectivity index (χ0v) is 12.7. The van der Waals surface area contributed by atoms with Gasteiger partial charge in [-0.25, -0.2) is 4.98 Å².